The Bertz CT molecular complexity index is 588. The standard InChI is InChI=1S/C14H13N3O/c15-14(18)10-5-6-16-13(7-10)11-3-4-12(17-8-11)9-1-2-9/h3-9H,1-2H2,(H2,15,18). The van der Waals surface area contributed by atoms with Crippen LogP contribution in [0, 0.1) is 0 Å². The van der Waals surface area contributed by atoms with Gasteiger partial charge in [-0.1, -0.05) is 0 Å². The summed E-state index contributed by atoms with van der Waals surface area (Å²) in [6.07, 6.45) is 5.87. The van der Waals surface area contributed by atoms with Gasteiger partial charge in [0.05, 0.1) is 5.69 Å². The first-order valence-corrected chi connectivity index (χ1v) is 5.96. The summed E-state index contributed by atoms with van der Waals surface area (Å²) < 4.78 is 0. The third-order valence-corrected chi connectivity index (χ3v) is 3.12. The first-order chi connectivity index (χ1) is 8.74. The molecule has 4 heteroatoms. The molecular weight excluding hydrogens is 226 g/mol. The maximum atomic E-state index is 11.1. The van der Waals surface area contributed by atoms with E-state index >= 15 is 0 Å². The summed E-state index contributed by atoms with van der Waals surface area (Å²) in [5.41, 5.74) is 8.49. The average Bonchev–Trinajstić information content (AvgIpc) is 3.23. The van der Waals surface area contributed by atoms with Gasteiger partial charge < -0.3 is 5.73 Å². The minimum atomic E-state index is -0.443. The lowest BCUT2D eigenvalue weighted by Crippen LogP contribution is -2.11. The number of aromatic nitrogens is 2. The van der Waals surface area contributed by atoms with E-state index in [2.05, 4.69) is 9.97 Å². The van der Waals surface area contributed by atoms with Crippen molar-refractivity contribution in [3.63, 3.8) is 0 Å². The molecule has 0 spiro atoms. The lowest BCUT2D eigenvalue weighted by molar-refractivity contribution is 0.1000. The summed E-state index contributed by atoms with van der Waals surface area (Å²) in [5, 5.41) is 0. The van der Waals surface area contributed by atoms with Gasteiger partial charge in [0.2, 0.25) is 5.91 Å². The van der Waals surface area contributed by atoms with E-state index in [4.69, 9.17) is 5.73 Å². The van der Waals surface area contributed by atoms with Gasteiger partial charge in [-0.25, -0.2) is 0 Å². The number of hydrogen-bond acceptors (Lipinski definition) is 3. The number of amides is 1. The van der Waals surface area contributed by atoms with Crippen molar-refractivity contribution in [1.82, 2.24) is 9.97 Å². The van der Waals surface area contributed by atoms with Crippen LogP contribution in [0.1, 0.15) is 34.8 Å². The molecule has 2 N–H and O–H groups in total. The highest BCUT2D eigenvalue weighted by atomic mass is 16.1. The molecule has 0 aromatic carbocycles. The molecule has 1 fully saturated rings. The quantitative estimate of drug-likeness (QED) is 0.891. The largest absolute Gasteiger partial charge is 0.366 e. The fraction of sp³-hybridized carbons (Fsp3) is 0.214. The molecule has 18 heavy (non-hydrogen) atoms. The van der Waals surface area contributed by atoms with E-state index in [1.165, 1.54) is 12.8 Å². The molecule has 0 aliphatic heterocycles. The SMILES string of the molecule is NC(=O)c1ccnc(-c2ccc(C3CC3)nc2)c1. The highest BCUT2D eigenvalue weighted by Gasteiger charge is 2.24. The number of primary amides is 1. The molecule has 2 heterocycles. The van der Waals surface area contributed by atoms with Crippen LogP contribution in [-0.2, 0) is 0 Å². The minimum Gasteiger partial charge on any atom is -0.366 e. The predicted octanol–water partition coefficient (Wildman–Crippen LogP) is 2.12. The highest BCUT2D eigenvalue weighted by Crippen LogP contribution is 2.39. The lowest BCUT2D eigenvalue weighted by atomic mass is 10.1. The van der Waals surface area contributed by atoms with Crippen LogP contribution in [0.25, 0.3) is 11.3 Å². The fourth-order valence-electron chi connectivity index (χ4n) is 1.92. The van der Waals surface area contributed by atoms with E-state index in [0.29, 0.717) is 11.5 Å². The monoisotopic (exact) mass is 239 g/mol. The second-order valence-electron chi connectivity index (χ2n) is 4.54. The van der Waals surface area contributed by atoms with Gasteiger partial charge >= 0.3 is 0 Å². The molecule has 1 amide bonds. The first kappa shape index (κ1) is 10.9. The van der Waals surface area contributed by atoms with E-state index in [-0.39, 0.29) is 0 Å². The van der Waals surface area contributed by atoms with Gasteiger partial charge in [-0.15, -0.1) is 0 Å². The van der Waals surface area contributed by atoms with Crippen LogP contribution in [-0.4, -0.2) is 15.9 Å². The van der Waals surface area contributed by atoms with Crippen molar-refractivity contribution in [2.45, 2.75) is 18.8 Å². The normalized spacial score (nSPS) is 14.4. The van der Waals surface area contributed by atoms with Crippen LogP contribution >= 0.6 is 0 Å². The molecule has 1 aliphatic rings. The Morgan fingerprint density at radius 2 is 2.06 bits per heavy atom. The van der Waals surface area contributed by atoms with Crippen molar-refractivity contribution in [3.8, 4) is 11.3 Å². The molecule has 1 saturated carbocycles. The molecule has 0 atom stereocenters. The van der Waals surface area contributed by atoms with Gasteiger partial charge in [0.25, 0.3) is 0 Å². The van der Waals surface area contributed by atoms with Gasteiger partial charge in [0.1, 0.15) is 0 Å². The van der Waals surface area contributed by atoms with Crippen LogP contribution in [0.3, 0.4) is 0 Å². The summed E-state index contributed by atoms with van der Waals surface area (Å²) in [4.78, 5) is 19.8. The zero-order valence-electron chi connectivity index (χ0n) is 9.84. The van der Waals surface area contributed by atoms with Gasteiger partial charge in [0.15, 0.2) is 0 Å². The number of hydrogen-bond donors (Lipinski definition) is 1. The molecule has 0 saturated heterocycles. The number of carbonyl (C=O) groups excluding carboxylic acids is 1. The number of rotatable bonds is 3. The Kier molecular flexibility index (Phi) is 2.55. The van der Waals surface area contributed by atoms with Crippen molar-refractivity contribution in [3.05, 3.63) is 47.9 Å². The summed E-state index contributed by atoms with van der Waals surface area (Å²) >= 11 is 0. The van der Waals surface area contributed by atoms with Gasteiger partial charge in [-0.2, -0.15) is 0 Å². The third-order valence-electron chi connectivity index (χ3n) is 3.12. The average molecular weight is 239 g/mol. The van der Waals surface area contributed by atoms with Crippen LogP contribution < -0.4 is 5.73 Å². The van der Waals surface area contributed by atoms with E-state index in [0.717, 1.165) is 17.0 Å². The second kappa shape index (κ2) is 4.22. The van der Waals surface area contributed by atoms with Crippen LogP contribution in [0.4, 0.5) is 0 Å². The van der Waals surface area contributed by atoms with Gasteiger partial charge in [-0.05, 0) is 37.1 Å². The molecule has 3 rings (SSSR count). The van der Waals surface area contributed by atoms with Gasteiger partial charge in [0, 0.05) is 35.1 Å². The Labute approximate surface area is 105 Å². The maximum Gasteiger partial charge on any atom is 0.248 e. The van der Waals surface area contributed by atoms with Crippen molar-refractivity contribution >= 4 is 5.91 Å². The number of pyridine rings is 2. The fourth-order valence-corrected chi connectivity index (χ4v) is 1.92. The van der Waals surface area contributed by atoms with Crippen LogP contribution in [0.2, 0.25) is 0 Å². The smallest absolute Gasteiger partial charge is 0.248 e. The maximum absolute atomic E-state index is 11.1. The van der Waals surface area contributed by atoms with E-state index in [9.17, 15) is 4.79 Å². The summed E-state index contributed by atoms with van der Waals surface area (Å²) in [7, 11) is 0. The molecule has 1 aliphatic carbocycles. The third kappa shape index (κ3) is 2.09. The molecule has 4 nitrogen and oxygen atoms in total. The number of carbonyl (C=O) groups is 1. The lowest BCUT2D eigenvalue weighted by Gasteiger charge is -2.03. The van der Waals surface area contributed by atoms with Crippen molar-refractivity contribution < 1.29 is 4.79 Å². The van der Waals surface area contributed by atoms with Crippen LogP contribution in [0.15, 0.2) is 36.7 Å². The summed E-state index contributed by atoms with van der Waals surface area (Å²) in [6, 6.07) is 7.33. The van der Waals surface area contributed by atoms with Crippen molar-refractivity contribution in [2.24, 2.45) is 5.73 Å². The molecule has 2 aromatic rings. The topological polar surface area (TPSA) is 68.9 Å². The van der Waals surface area contributed by atoms with Crippen molar-refractivity contribution in [2.75, 3.05) is 0 Å². The van der Waals surface area contributed by atoms with E-state index in [1.54, 1.807) is 24.5 Å². The zero-order valence-corrected chi connectivity index (χ0v) is 9.84. The minimum absolute atomic E-state index is 0.443. The molecule has 0 bridgehead atoms. The Hall–Kier alpha value is -2.23. The zero-order chi connectivity index (χ0) is 12.5. The van der Waals surface area contributed by atoms with Crippen LogP contribution in [0.5, 0.6) is 0 Å². The molecular formula is C14H13N3O. The molecule has 90 valence electrons. The Morgan fingerprint density at radius 1 is 1.22 bits per heavy atom. The van der Waals surface area contributed by atoms with Crippen molar-refractivity contribution in [1.29, 1.82) is 0 Å². The van der Waals surface area contributed by atoms with E-state index in [1.807, 2.05) is 12.1 Å². The molecule has 2 aromatic heterocycles. The first-order valence-electron chi connectivity index (χ1n) is 5.96. The Balaban J connectivity index is 1.93. The van der Waals surface area contributed by atoms with Gasteiger partial charge in [-0.3, -0.25) is 14.8 Å². The second-order valence-corrected chi connectivity index (χ2v) is 4.54. The number of nitrogens with zero attached hydrogens (tertiary/aromatic N) is 2. The summed E-state index contributed by atoms with van der Waals surface area (Å²) in [6.45, 7) is 0. The van der Waals surface area contributed by atoms with E-state index < -0.39 is 5.91 Å². The Morgan fingerprint density at radius 3 is 2.67 bits per heavy atom. The molecule has 0 radical (unpaired) electrons. The summed E-state index contributed by atoms with van der Waals surface area (Å²) in [5.74, 6) is 0.199. The highest BCUT2D eigenvalue weighted by molar-refractivity contribution is 5.93. The predicted molar refractivity (Wildman–Crippen MR) is 68.0 cm³/mol. The number of nitrogens with two attached hydrogens (primary N) is 1. The molecule has 0 unspecified atom stereocenters.